The molecule has 1 heterocycles. The van der Waals surface area contributed by atoms with E-state index in [9.17, 15) is 4.79 Å². The normalized spacial score (nSPS) is 25.8. The molecule has 2 aromatic rings. The van der Waals surface area contributed by atoms with Crippen LogP contribution < -0.4 is 5.32 Å². The Bertz CT molecular complexity index is 796. The van der Waals surface area contributed by atoms with Crippen molar-refractivity contribution >= 4 is 16.9 Å². The van der Waals surface area contributed by atoms with Crippen molar-refractivity contribution in [2.45, 2.75) is 32.7 Å². The van der Waals surface area contributed by atoms with Gasteiger partial charge in [0.05, 0.1) is 22.4 Å². The second-order valence-corrected chi connectivity index (χ2v) is 6.46. The van der Waals surface area contributed by atoms with Gasteiger partial charge in [0.2, 0.25) is 0 Å². The van der Waals surface area contributed by atoms with Gasteiger partial charge in [-0.05, 0) is 56.7 Å². The van der Waals surface area contributed by atoms with Crippen LogP contribution in [0.3, 0.4) is 0 Å². The van der Waals surface area contributed by atoms with Crippen molar-refractivity contribution in [3.05, 3.63) is 47.3 Å². The van der Waals surface area contributed by atoms with Crippen molar-refractivity contribution in [2.75, 3.05) is 0 Å². The van der Waals surface area contributed by atoms with Crippen molar-refractivity contribution < 1.29 is 4.79 Å². The van der Waals surface area contributed by atoms with E-state index in [1.807, 2.05) is 32.0 Å². The first kappa shape index (κ1) is 13.4. The maximum atomic E-state index is 12.5. The molecule has 2 aliphatic rings. The van der Waals surface area contributed by atoms with E-state index < -0.39 is 0 Å². The molecule has 112 valence electrons. The smallest absolute Gasteiger partial charge is 0.251 e. The lowest BCUT2D eigenvalue weighted by Crippen LogP contribution is -2.37. The van der Waals surface area contributed by atoms with E-state index in [1.54, 1.807) is 0 Å². The number of hydrogen-bond donors (Lipinski definition) is 1. The number of aryl methyl sites for hydroxylation is 2. The molecule has 0 radical (unpaired) electrons. The maximum absolute atomic E-state index is 12.5. The summed E-state index contributed by atoms with van der Waals surface area (Å²) >= 11 is 0. The molecule has 1 aromatic carbocycles. The number of amides is 1. The standard InChI is InChI=1S/C18H19N3O/c1-10-11(2)20-17-9-14(5-6-15(17)19-10)18(22)21-16-8-12-3-4-13(16)7-12/h3-6,9,12-13,16H,7-8H2,1-2H3,(H,21,22). The largest absolute Gasteiger partial charge is 0.349 e. The maximum Gasteiger partial charge on any atom is 0.251 e. The number of nitrogens with zero attached hydrogens (tertiary/aromatic N) is 2. The zero-order valence-electron chi connectivity index (χ0n) is 12.8. The molecule has 2 aliphatic carbocycles. The molecular formula is C18H19N3O. The van der Waals surface area contributed by atoms with Crippen molar-refractivity contribution in [2.24, 2.45) is 11.8 Å². The number of fused-ring (bicyclic) bond motifs is 3. The molecule has 3 atom stereocenters. The molecule has 22 heavy (non-hydrogen) atoms. The first-order valence-corrected chi connectivity index (χ1v) is 7.84. The molecule has 1 fully saturated rings. The fraction of sp³-hybridized carbons (Fsp3) is 0.389. The molecule has 1 aromatic heterocycles. The Morgan fingerprint density at radius 3 is 2.55 bits per heavy atom. The molecule has 0 saturated heterocycles. The number of aromatic nitrogens is 2. The van der Waals surface area contributed by atoms with Crippen LogP contribution in [0.2, 0.25) is 0 Å². The first-order chi connectivity index (χ1) is 10.6. The van der Waals surface area contributed by atoms with Gasteiger partial charge in [0, 0.05) is 11.6 Å². The van der Waals surface area contributed by atoms with Gasteiger partial charge >= 0.3 is 0 Å². The highest BCUT2D eigenvalue weighted by molar-refractivity contribution is 5.97. The Kier molecular flexibility index (Phi) is 2.99. The fourth-order valence-corrected chi connectivity index (χ4v) is 3.57. The highest BCUT2D eigenvalue weighted by Gasteiger charge is 2.36. The van der Waals surface area contributed by atoms with E-state index in [1.165, 1.54) is 6.42 Å². The summed E-state index contributed by atoms with van der Waals surface area (Å²) in [5.41, 5.74) is 4.12. The lowest BCUT2D eigenvalue weighted by Gasteiger charge is -2.19. The van der Waals surface area contributed by atoms with E-state index >= 15 is 0 Å². The van der Waals surface area contributed by atoms with E-state index in [2.05, 4.69) is 27.4 Å². The van der Waals surface area contributed by atoms with Crippen LogP contribution in [0.4, 0.5) is 0 Å². The third kappa shape index (κ3) is 2.19. The van der Waals surface area contributed by atoms with Gasteiger partial charge in [-0.25, -0.2) is 9.97 Å². The molecule has 0 aliphatic heterocycles. The SMILES string of the molecule is Cc1nc2ccc(C(=O)NC3CC4C=CC3C4)cc2nc1C. The van der Waals surface area contributed by atoms with Crippen LogP contribution in [0.5, 0.6) is 0 Å². The fourth-order valence-electron chi connectivity index (χ4n) is 3.57. The van der Waals surface area contributed by atoms with E-state index in [-0.39, 0.29) is 11.9 Å². The number of benzene rings is 1. The monoisotopic (exact) mass is 293 g/mol. The van der Waals surface area contributed by atoms with Crippen LogP contribution in [0.25, 0.3) is 11.0 Å². The molecule has 2 bridgehead atoms. The van der Waals surface area contributed by atoms with Crippen molar-refractivity contribution in [1.82, 2.24) is 15.3 Å². The van der Waals surface area contributed by atoms with E-state index in [0.29, 0.717) is 17.4 Å². The Hall–Kier alpha value is -2.23. The number of nitrogens with one attached hydrogen (secondary N) is 1. The van der Waals surface area contributed by atoms with Gasteiger partial charge in [-0.2, -0.15) is 0 Å². The van der Waals surface area contributed by atoms with Crippen LogP contribution in [-0.4, -0.2) is 21.9 Å². The first-order valence-electron chi connectivity index (χ1n) is 7.84. The minimum Gasteiger partial charge on any atom is -0.349 e. The zero-order valence-corrected chi connectivity index (χ0v) is 12.8. The Labute approximate surface area is 129 Å². The number of rotatable bonds is 2. The Morgan fingerprint density at radius 2 is 1.86 bits per heavy atom. The van der Waals surface area contributed by atoms with Crippen molar-refractivity contribution in [3.63, 3.8) is 0 Å². The summed E-state index contributed by atoms with van der Waals surface area (Å²) < 4.78 is 0. The quantitative estimate of drug-likeness (QED) is 0.866. The summed E-state index contributed by atoms with van der Waals surface area (Å²) in [7, 11) is 0. The summed E-state index contributed by atoms with van der Waals surface area (Å²) in [6, 6.07) is 5.84. The molecule has 1 saturated carbocycles. The molecule has 4 heteroatoms. The van der Waals surface area contributed by atoms with E-state index in [0.717, 1.165) is 28.8 Å². The van der Waals surface area contributed by atoms with Crippen LogP contribution in [0.1, 0.15) is 34.6 Å². The summed E-state index contributed by atoms with van der Waals surface area (Å²) in [6.45, 7) is 3.89. The number of carbonyl (C=O) groups is 1. The number of allylic oxidation sites excluding steroid dienone is 1. The minimum atomic E-state index is -0.00659. The van der Waals surface area contributed by atoms with Crippen molar-refractivity contribution in [1.29, 1.82) is 0 Å². The summed E-state index contributed by atoms with van der Waals surface area (Å²) in [4.78, 5) is 21.5. The lowest BCUT2D eigenvalue weighted by atomic mass is 10.0. The molecule has 3 unspecified atom stereocenters. The molecule has 1 amide bonds. The van der Waals surface area contributed by atoms with Crippen LogP contribution in [0, 0.1) is 25.7 Å². The van der Waals surface area contributed by atoms with Gasteiger partial charge in [0.15, 0.2) is 0 Å². The summed E-state index contributed by atoms with van der Waals surface area (Å²) in [6.07, 6.45) is 6.78. The topological polar surface area (TPSA) is 54.9 Å². The second kappa shape index (κ2) is 4.90. The molecule has 0 spiro atoms. The summed E-state index contributed by atoms with van der Waals surface area (Å²) in [5, 5.41) is 3.18. The molecule has 1 N–H and O–H groups in total. The van der Waals surface area contributed by atoms with Crippen LogP contribution in [-0.2, 0) is 0 Å². The second-order valence-electron chi connectivity index (χ2n) is 6.46. The highest BCUT2D eigenvalue weighted by atomic mass is 16.1. The minimum absolute atomic E-state index is 0.00659. The predicted molar refractivity (Wildman–Crippen MR) is 85.6 cm³/mol. The Balaban J connectivity index is 1.59. The van der Waals surface area contributed by atoms with Gasteiger partial charge in [0.1, 0.15) is 0 Å². The van der Waals surface area contributed by atoms with Crippen LogP contribution >= 0.6 is 0 Å². The predicted octanol–water partition coefficient (Wildman–Crippen LogP) is 2.94. The van der Waals surface area contributed by atoms with Crippen molar-refractivity contribution in [3.8, 4) is 0 Å². The number of hydrogen-bond acceptors (Lipinski definition) is 3. The highest BCUT2D eigenvalue weighted by Crippen LogP contribution is 2.39. The average Bonchev–Trinajstić information content (AvgIpc) is 3.10. The Morgan fingerprint density at radius 1 is 1.09 bits per heavy atom. The zero-order chi connectivity index (χ0) is 15.3. The third-order valence-electron chi connectivity index (χ3n) is 4.93. The third-order valence-corrected chi connectivity index (χ3v) is 4.93. The molecule has 4 nitrogen and oxygen atoms in total. The van der Waals surface area contributed by atoms with Gasteiger partial charge in [-0.15, -0.1) is 0 Å². The number of carbonyl (C=O) groups excluding carboxylic acids is 1. The van der Waals surface area contributed by atoms with Crippen LogP contribution in [0.15, 0.2) is 30.4 Å². The molecule has 4 rings (SSSR count). The average molecular weight is 293 g/mol. The van der Waals surface area contributed by atoms with Gasteiger partial charge in [-0.1, -0.05) is 12.2 Å². The van der Waals surface area contributed by atoms with E-state index in [4.69, 9.17) is 0 Å². The van der Waals surface area contributed by atoms with Gasteiger partial charge in [0.25, 0.3) is 5.91 Å². The lowest BCUT2D eigenvalue weighted by molar-refractivity contribution is 0.0931. The molecular weight excluding hydrogens is 274 g/mol. The van der Waals surface area contributed by atoms with Gasteiger partial charge in [-0.3, -0.25) is 4.79 Å². The van der Waals surface area contributed by atoms with Gasteiger partial charge < -0.3 is 5.32 Å². The summed E-state index contributed by atoms with van der Waals surface area (Å²) in [5.74, 6) is 1.16.